The molecule has 0 bridgehead atoms. The minimum atomic E-state index is -1.83. The Balaban J connectivity index is 1.78. The van der Waals surface area contributed by atoms with Crippen molar-refractivity contribution in [3.8, 4) is 0 Å². The predicted octanol–water partition coefficient (Wildman–Crippen LogP) is 7.57. The molecule has 1 fully saturated rings. The van der Waals surface area contributed by atoms with Crippen LogP contribution in [0.15, 0.2) is 73.3 Å². The largest absolute Gasteiger partial charge is 0.461 e. The molecule has 7 nitrogen and oxygen atoms in total. The molecule has 5 rings (SSSR count). The zero-order chi connectivity index (χ0) is 33.2. The summed E-state index contributed by atoms with van der Waals surface area (Å²) in [6, 6.07) is 15.2. The second-order valence-corrected chi connectivity index (χ2v) is 12.7. The summed E-state index contributed by atoms with van der Waals surface area (Å²) >= 11 is 12.5. The quantitative estimate of drug-likeness (QED) is 0.167. The van der Waals surface area contributed by atoms with Crippen molar-refractivity contribution in [3.05, 3.63) is 117 Å². The molecule has 2 aliphatic heterocycles. The van der Waals surface area contributed by atoms with Crippen molar-refractivity contribution >= 4 is 35.1 Å². The van der Waals surface area contributed by atoms with Gasteiger partial charge in [0.1, 0.15) is 12.4 Å². The summed E-state index contributed by atoms with van der Waals surface area (Å²) in [7, 11) is 1.39. The topological polar surface area (TPSA) is 85.3 Å². The molecule has 1 saturated heterocycles. The molecule has 0 aliphatic carbocycles. The van der Waals surface area contributed by atoms with E-state index in [0.717, 1.165) is 0 Å². The number of halogens is 3. The van der Waals surface area contributed by atoms with Crippen LogP contribution in [-0.2, 0) is 30.3 Å². The summed E-state index contributed by atoms with van der Waals surface area (Å²) in [5, 5.41) is 12.9. The van der Waals surface area contributed by atoms with Crippen LogP contribution >= 0.6 is 23.2 Å². The normalized spacial score (nSPS) is 20.9. The Kier molecular flexibility index (Phi) is 10.3. The van der Waals surface area contributed by atoms with E-state index < -0.39 is 41.0 Å². The van der Waals surface area contributed by atoms with E-state index in [9.17, 15) is 14.7 Å². The summed E-state index contributed by atoms with van der Waals surface area (Å²) in [6.07, 6.45) is 2.95. The van der Waals surface area contributed by atoms with Crippen LogP contribution in [0, 0.1) is 17.7 Å². The molecule has 0 aromatic heterocycles. The molecular formula is C36H38Cl2FNO6. The van der Waals surface area contributed by atoms with E-state index >= 15 is 4.39 Å². The van der Waals surface area contributed by atoms with Crippen molar-refractivity contribution in [1.82, 2.24) is 4.90 Å². The molecule has 3 aromatic carbocycles. The molecule has 3 aromatic rings. The fraction of sp³-hybridized carbons (Fsp3) is 0.389. The van der Waals surface area contributed by atoms with Gasteiger partial charge in [-0.3, -0.25) is 14.5 Å². The molecule has 10 heteroatoms. The van der Waals surface area contributed by atoms with E-state index in [2.05, 4.69) is 6.58 Å². The first kappa shape index (κ1) is 34.1. The number of hydrogen-bond acceptors (Lipinski definition) is 6. The SMILES string of the molecule is C=CCOC(=O)[C@@H](C)[C@@H](c1ccc(Cl)cc1)N1C(=O)c2cc(C(O)(CC)C3CCOCC3)cc(F)c2[C@]1(OC)c1ccc(Cl)cc1. The number of rotatable bonds is 11. The number of aliphatic hydroxyl groups is 1. The van der Waals surface area contributed by atoms with Crippen LogP contribution in [0.1, 0.15) is 71.8 Å². The minimum absolute atomic E-state index is 0.0244. The van der Waals surface area contributed by atoms with Crippen molar-refractivity contribution in [2.75, 3.05) is 26.9 Å². The Morgan fingerprint density at radius 2 is 1.76 bits per heavy atom. The number of amides is 1. The van der Waals surface area contributed by atoms with Gasteiger partial charge in [0.2, 0.25) is 0 Å². The van der Waals surface area contributed by atoms with E-state index in [-0.39, 0.29) is 23.7 Å². The van der Waals surface area contributed by atoms with Gasteiger partial charge in [-0.25, -0.2) is 4.39 Å². The molecule has 4 atom stereocenters. The van der Waals surface area contributed by atoms with Crippen molar-refractivity contribution in [2.24, 2.45) is 11.8 Å². The summed E-state index contributed by atoms with van der Waals surface area (Å²) < 4.78 is 34.1. The molecule has 2 aliphatic rings. The van der Waals surface area contributed by atoms with E-state index in [1.165, 1.54) is 24.2 Å². The van der Waals surface area contributed by atoms with Gasteiger partial charge in [-0.2, -0.15) is 0 Å². The number of nitrogens with zero attached hydrogens (tertiary/aromatic N) is 1. The molecule has 244 valence electrons. The van der Waals surface area contributed by atoms with Crippen molar-refractivity contribution < 1.29 is 33.3 Å². The lowest BCUT2D eigenvalue weighted by Gasteiger charge is -2.44. The Morgan fingerprint density at radius 3 is 2.33 bits per heavy atom. The maximum atomic E-state index is 16.9. The Hall–Kier alpha value is -3.27. The molecule has 1 amide bonds. The number of hydrogen-bond donors (Lipinski definition) is 1. The average Bonchev–Trinajstić information content (AvgIpc) is 3.33. The third-order valence-electron chi connectivity index (χ3n) is 9.36. The molecule has 0 radical (unpaired) electrons. The maximum absolute atomic E-state index is 16.9. The van der Waals surface area contributed by atoms with Gasteiger partial charge in [0.15, 0.2) is 5.72 Å². The third-order valence-corrected chi connectivity index (χ3v) is 9.87. The van der Waals surface area contributed by atoms with E-state index in [1.807, 2.05) is 6.92 Å². The molecule has 46 heavy (non-hydrogen) atoms. The molecule has 0 saturated carbocycles. The lowest BCUT2D eigenvalue weighted by Crippen LogP contribution is -2.51. The standard InChI is InChI=1S/C36H38Cl2FNO6/c1-5-17-46-34(42)22(3)32(23-7-11-27(37)12-8-23)40-33(41)29-20-26(35(43,6-2)24-15-18-45-19-16-24)21-30(39)31(29)36(40,44-4)25-9-13-28(38)14-10-25/h5,7-14,20-22,24,32,43H,1,6,15-19H2,2-4H3/t22-,32-,35?,36+/m0/s1. The molecule has 1 unspecified atom stereocenters. The summed E-state index contributed by atoms with van der Waals surface area (Å²) in [4.78, 5) is 29.7. The summed E-state index contributed by atoms with van der Waals surface area (Å²) in [6.45, 7) is 8.05. The lowest BCUT2D eigenvalue weighted by molar-refractivity contribution is -0.154. The highest BCUT2D eigenvalue weighted by molar-refractivity contribution is 6.30. The Labute approximate surface area is 278 Å². The van der Waals surface area contributed by atoms with Gasteiger partial charge < -0.3 is 19.3 Å². The number of methoxy groups -OCH3 is 1. The monoisotopic (exact) mass is 669 g/mol. The highest BCUT2D eigenvalue weighted by Gasteiger charge is 2.58. The highest BCUT2D eigenvalue weighted by atomic mass is 35.5. The second kappa shape index (κ2) is 13.8. The number of carbonyl (C=O) groups is 2. The van der Waals surface area contributed by atoms with Crippen LogP contribution in [0.4, 0.5) is 4.39 Å². The van der Waals surface area contributed by atoms with Gasteiger partial charge in [0, 0.05) is 35.9 Å². The van der Waals surface area contributed by atoms with E-state index in [4.69, 9.17) is 37.4 Å². The zero-order valence-corrected chi connectivity index (χ0v) is 27.6. The average molecular weight is 671 g/mol. The number of ether oxygens (including phenoxy) is 3. The number of carbonyl (C=O) groups excluding carboxylic acids is 2. The van der Waals surface area contributed by atoms with Crippen molar-refractivity contribution in [1.29, 1.82) is 0 Å². The van der Waals surface area contributed by atoms with Crippen LogP contribution in [0.5, 0.6) is 0 Å². The van der Waals surface area contributed by atoms with Crippen LogP contribution in [0.3, 0.4) is 0 Å². The number of benzene rings is 3. The van der Waals surface area contributed by atoms with Gasteiger partial charge in [-0.15, -0.1) is 0 Å². The highest BCUT2D eigenvalue weighted by Crippen LogP contribution is 2.53. The molecule has 1 N–H and O–H groups in total. The van der Waals surface area contributed by atoms with Crippen molar-refractivity contribution in [2.45, 2.75) is 50.5 Å². The first-order valence-electron chi connectivity index (χ1n) is 15.4. The third kappa shape index (κ3) is 5.86. The lowest BCUT2D eigenvalue weighted by atomic mass is 9.74. The van der Waals surface area contributed by atoms with E-state index in [0.29, 0.717) is 59.2 Å². The first-order valence-corrected chi connectivity index (χ1v) is 16.1. The molecular weight excluding hydrogens is 632 g/mol. The van der Waals surface area contributed by atoms with Gasteiger partial charge in [-0.05, 0) is 79.6 Å². The second-order valence-electron chi connectivity index (χ2n) is 11.8. The maximum Gasteiger partial charge on any atom is 0.311 e. The van der Waals surface area contributed by atoms with E-state index in [1.54, 1.807) is 61.5 Å². The molecule has 2 heterocycles. The number of fused-ring (bicyclic) bond motifs is 1. The van der Waals surface area contributed by atoms with Crippen LogP contribution in [0.25, 0.3) is 0 Å². The minimum Gasteiger partial charge on any atom is -0.461 e. The fourth-order valence-electron chi connectivity index (χ4n) is 6.99. The van der Waals surface area contributed by atoms with Gasteiger partial charge in [0.25, 0.3) is 5.91 Å². The Bertz CT molecular complexity index is 1590. The van der Waals surface area contributed by atoms with Crippen LogP contribution in [0.2, 0.25) is 10.0 Å². The predicted molar refractivity (Wildman–Crippen MR) is 174 cm³/mol. The molecule has 0 spiro atoms. The fourth-order valence-corrected chi connectivity index (χ4v) is 7.24. The van der Waals surface area contributed by atoms with Gasteiger partial charge in [0.05, 0.1) is 28.7 Å². The zero-order valence-electron chi connectivity index (χ0n) is 26.1. The van der Waals surface area contributed by atoms with Crippen molar-refractivity contribution in [3.63, 3.8) is 0 Å². The van der Waals surface area contributed by atoms with Gasteiger partial charge in [-0.1, -0.05) is 67.0 Å². The van der Waals surface area contributed by atoms with Crippen LogP contribution < -0.4 is 0 Å². The summed E-state index contributed by atoms with van der Waals surface area (Å²) in [5.41, 5.74) is -1.97. The smallest absolute Gasteiger partial charge is 0.311 e. The first-order chi connectivity index (χ1) is 22.0. The number of esters is 1. The summed E-state index contributed by atoms with van der Waals surface area (Å²) in [5.74, 6) is -3.04. The van der Waals surface area contributed by atoms with Gasteiger partial charge >= 0.3 is 5.97 Å². The Morgan fingerprint density at radius 1 is 1.15 bits per heavy atom. The van der Waals surface area contributed by atoms with Crippen LogP contribution in [-0.4, -0.2) is 48.8 Å².